The highest BCUT2D eigenvalue weighted by atomic mass is 16.4. The highest BCUT2D eigenvalue weighted by molar-refractivity contribution is 5.81. The molecule has 1 aromatic rings. The third-order valence-corrected chi connectivity index (χ3v) is 2.24. The first-order chi connectivity index (χ1) is 8.43. The number of aromatic amines is 1. The molecule has 0 spiro atoms. The van der Waals surface area contributed by atoms with Gasteiger partial charge in [-0.15, -0.1) is 0 Å². The zero-order chi connectivity index (χ0) is 13.7. The number of carboxylic acid groups (broad SMARTS) is 1. The standard InChI is InChI=1S/C10H13N3O5/c1-2-12(6-10(17)18)9(16)5-13-8(15)4-3-7(14)11-13/h3-4H,2,5-6H2,1H3,(H,11,14)(H,17,18). The summed E-state index contributed by atoms with van der Waals surface area (Å²) in [5, 5.41) is 10.8. The number of hydrogen-bond acceptors (Lipinski definition) is 4. The normalized spacial score (nSPS) is 10.1. The molecule has 1 rings (SSSR count). The Hall–Kier alpha value is -2.38. The fourth-order valence-electron chi connectivity index (χ4n) is 1.35. The Balaban J connectivity index is 2.86. The van der Waals surface area contributed by atoms with Gasteiger partial charge in [0.1, 0.15) is 13.1 Å². The number of carbonyl (C=O) groups excluding carboxylic acids is 1. The molecule has 1 amide bonds. The molecule has 0 aliphatic carbocycles. The lowest BCUT2D eigenvalue weighted by atomic mass is 10.4. The lowest BCUT2D eigenvalue weighted by molar-refractivity contribution is -0.144. The summed E-state index contributed by atoms with van der Waals surface area (Å²) in [6, 6.07) is 2.09. The van der Waals surface area contributed by atoms with Crippen molar-refractivity contribution in [2.24, 2.45) is 0 Å². The van der Waals surface area contributed by atoms with Crippen LogP contribution in [0.15, 0.2) is 21.7 Å². The maximum Gasteiger partial charge on any atom is 0.323 e. The lowest BCUT2D eigenvalue weighted by Gasteiger charge is -2.18. The number of nitrogens with zero attached hydrogens (tertiary/aromatic N) is 2. The fraction of sp³-hybridized carbons (Fsp3) is 0.400. The molecule has 0 saturated carbocycles. The van der Waals surface area contributed by atoms with E-state index in [2.05, 4.69) is 5.10 Å². The number of aromatic nitrogens is 2. The van der Waals surface area contributed by atoms with Crippen molar-refractivity contribution >= 4 is 11.9 Å². The molecule has 0 bridgehead atoms. The van der Waals surface area contributed by atoms with Gasteiger partial charge < -0.3 is 10.0 Å². The highest BCUT2D eigenvalue weighted by Crippen LogP contribution is 1.91. The maximum absolute atomic E-state index is 11.7. The second-order valence-electron chi connectivity index (χ2n) is 3.54. The summed E-state index contributed by atoms with van der Waals surface area (Å²) in [5.74, 6) is -1.69. The summed E-state index contributed by atoms with van der Waals surface area (Å²) in [6.45, 7) is 0.992. The minimum Gasteiger partial charge on any atom is -0.480 e. The number of carbonyl (C=O) groups is 2. The van der Waals surface area contributed by atoms with E-state index in [-0.39, 0.29) is 6.54 Å². The molecule has 0 unspecified atom stereocenters. The zero-order valence-corrected chi connectivity index (χ0v) is 9.75. The molecule has 0 aromatic carbocycles. The van der Waals surface area contributed by atoms with E-state index < -0.39 is 36.1 Å². The van der Waals surface area contributed by atoms with Gasteiger partial charge in [-0.3, -0.25) is 24.3 Å². The van der Waals surface area contributed by atoms with Crippen LogP contribution in [0.2, 0.25) is 0 Å². The van der Waals surface area contributed by atoms with Crippen LogP contribution in [0, 0.1) is 0 Å². The van der Waals surface area contributed by atoms with Gasteiger partial charge in [0.25, 0.3) is 11.1 Å². The van der Waals surface area contributed by atoms with Crippen LogP contribution in [0.1, 0.15) is 6.92 Å². The van der Waals surface area contributed by atoms with E-state index in [4.69, 9.17) is 5.11 Å². The van der Waals surface area contributed by atoms with E-state index in [9.17, 15) is 19.2 Å². The van der Waals surface area contributed by atoms with Gasteiger partial charge in [0, 0.05) is 18.7 Å². The molecule has 0 fully saturated rings. The minimum atomic E-state index is -1.14. The Bertz CT molecular complexity index is 559. The third kappa shape index (κ3) is 3.58. The maximum atomic E-state index is 11.7. The van der Waals surface area contributed by atoms with Crippen molar-refractivity contribution in [1.29, 1.82) is 0 Å². The molecule has 8 heteroatoms. The van der Waals surface area contributed by atoms with Gasteiger partial charge in [-0.1, -0.05) is 0 Å². The quantitative estimate of drug-likeness (QED) is 0.662. The molecular formula is C10H13N3O5. The largest absolute Gasteiger partial charge is 0.480 e. The predicted molar refractivity (Wildman–Crippen MR) is 61.2 cm³/mol. The Morgan fingerprint density at radius 3 is 2.61 bits per heavy atom. The molecule has 98 valence electrons. The summed E-state index contributed by atoms with van der Waals surface area (Å²) in [4.78, 5) is 45.7. The van der Waals surface area contributed by atoms with Gasteiger partial charge in [0.05, 0.1) is 0 Å². The number of rotatable bonds is 5. The molecule has 0 aliphatic heterocycles. The van der Waals surface area contributed by atoms with Gasteiger partial charge >= 0.3 is 5.97 Å². The number of aliphatic carboxylic acids is 1. The zero-order valence-electron chi connectivity index (χ0n) is 9.75. The first-order valence-electron chi connectivity index (χ1n) is 5.23. The number of amides is 1. The predicted octanol–water partition coefficient (Wildman–Crippen LogP) is -1.53. The molecule has 8 nitrogen and oxygen atoms in total. The van der Waals surface area contributed by atoms with Crippen LogP contribution < -0.4 is 11.1 Å². The molecular weight excluding hydrogens is 242 g/mol. The smallest absolute Gasteiger partial charge is 0.323 e. The van der Waals surface area contributed by atoms with Crippen molar-refractivity contribution in [3.63, 3.8) is 0 Å². The third-order valence-electron chi connectivity index (χ3n) is 2.24. The fourth-order valence-corrected chi connectivity index (χ4v) is 1.35. The van der Waals surface area contributed by atoms with Crippen molar-refractivity contribution in [1.82, 2.24) is 14.7 Å². The average Bonchev–Trinajstić information content (AvgIpc) is 2.30. The minimum absolute atomic E-state index is 0.205. The van der Waals surface area contributed by atoms with Crippen molar-refractivity contribution in [3.05, 3.63) is 32.8 Å². The lowest BCUT2D eigenvalue weighted by Crippen LogP contribution is -2.41. The summed E-state index contributed by atoms with van der Waals surface area (Å²) in [5.41, 5.74) is -1.04. The van der Waals surface area contributed by atoms with E-state index in [1.165, 1.54) is 0 Å². The van der Waals surface area contributed by atoms with E-state index in [1.54, 1.807) is 6.92 Å². The average molecular weight is 255 g/mol. The Kier molecular flexibility index (Phi) is 4.41. The Morgan fingerprint density at radius 2 is 2.06 bits per heavy atom. The number of likely N-dealkylation sites (N-methyl/N-ethyl adjacent to an activating group) is 1. The van der Waals surface area contributed by atoms with Crippen molar-refractivity contribution in [2.75, 3.05) is 13.1 Å². The summed E-state index contributed by atoms with van der Waals surface area (Å²) < 4.78 is 0.842. The monoisotopic (exact) mass is 255 g/mol. The van der Waals surface area contributed by atoms with E-state index in [0.717, 1.165) is 21.7 Å². The van der Waals surface area contributed by atoms with Gasteiger partial charge in [-0.05, 0) is 6.92 Å². The Morgan fingerprint density at radius 1 is 1.39 bits per heavy atom. The second kappa shape index (κ2) is 5.80. The molecule has 0 saturated heterocycles. The molecule has 1 heterocycles. The van der Waals surface area contributed by atoms with Gasteiger partial charge in [0.15, 0.2) is 0 Å². The molecule has 18 heavy (non-hydrogen) atoms. The van der Waals surface area contributed by atoms with E-state index in [0.29, 0.717) is 0 Å². The first-order valence-corrected chi connectivity index (χ1v) is 5.23. The summed E-state index contributed by atoms with van der Waals surface area (Å²) >= 11 is 0. The van der Waals surface area contributed by atoms with Crippen molar-refractivity contribution in [3.8, 4) is 0 Å². The molecule has 0 radical (unpaired) electrons. The Labute approximate surface area is 101 Å². The number of H-pyrrole nitrogens is 1. The van der Waals surface area contributed by atoms with Crippen LogP contribution in [-0.2, 0) is 16.1 Å². The van der Waals surface area contributed by atoms with Crippen LogP contribution in [0.5, 0.6) is 0 Å². The highest BCUT2D eigenvalue weighted by Gasteiger charge is 2.15. The van der Waals surface area contributed by atoms with Crippen LogP contribution in [0.3, 0.4) is 0 Å². The van der Waals surface area contributed by atoms with Crippen LogP contribution in [0.25, 0.3) is 0 Å². The van der Waals surface area contributed by atoms with Crippen LogP contribution in [0.4, 0.5) is 0 Å². The summed E-state index contributed by atoms with van der Waals surface area (Å²) in [6.07, 6.45) is 0. The van der Waals surface area contributed by atoms with Crippen molar-refractivity contribution in [2.45, 2.75) is 13.5 Å². The van der Waals surface area contributed by atoms with Gasteiger partial charge in [-0.2, -0.15) is 0 Å². The second-order valence-corrected chi connectivity index (χ2v) is 3.54. The van der Waals surface area contributed by atoms with Crippen LogP contribution in [-0.4, -0.2) is 44.8 Å². The molecule has 0 aliphatic rings. The molecule has 0 atom stereocenters. The topological polar surface area (TPSA) is 112 Å². The van der Waals surface area contributed by atoms with Gasteiger partial charge in [0.2, 0.25) is 5.91 Å². The van der Waals surface area contributed by atoms with E-state index in [1.807, 2.05) is 0 Å². The molecule has 2 N–H and O–H groups in total. The van der Waals surface area contributed by atoms with Crippen molar-refractivity contribution < 1.29 is 14.7 Å². The number of carboxylic acids is 1. The number of hydrogen-bond donors (Lipinski definition) is 2. The van der Waals surface area contributed by atoms with E-state index >= 15 is 0 Å². The SMILES string of the molecule is CCN(CC(=O)O)C(=O)Cn1[nH]c(=O)ccc1=O. The summed E-state index contributed by atoms with van der Waals surface area (Å²) in [7, 11) is 0. The first kappa shape index (κ1) is 13.7. The molecule has 1 aromatic heterocycles. The van der Waals surface area contributed by atoms with Crippen LogP contribution >= 0.6 is 0 Å². The number of nitrogens with one attached hydrogen (secondary N) is 1. The van der Waals surface area contributed by atoms with Gasteiger partial charge in [-0.25, -0.2) is 4.68 Å².